The molecule has 1 atom stereocenters. The lowest BCUT2D eigenvalue weighted by Gasteiger charge is -2.17. The van der Waals surface area contributed by atoms with Crippen LogP contribution in [0.2, 0.25) is 0 Å². The van der Waals surface area contributed by atoms with E-state index >= 15 is 0 Å². The SMILES string of the molecule is CNC1CCN(C(=O)c2nn(-c3ccc(F)cc3)c3c2CCCC3)C1. The number of hydrogen-bond acceptors (Lipinski definition) is 3. The van der Waals surface area contributed by atoms with Crippen LogP contribution in [0, 0.1) is 5.82 Å². The van der Waals surface area contributed by atoms with E-state index in [1.807, 2.05) is 16.6 Å². The Morgan fingerprint density at radius 1 is 1.24 bits per heavy atom. The van der Waals surface area contributed by atoms with Crippen LogP contribution in [-0.2, 0) is 12.8 Å². The second-order valence-electron chi connectivity index (χ2n) is 6.89. The van der Waals surface area contributed by atoms with E-state index in [9.17, 15) is 9.18 Å². The van der Waals surface area contributed by atoms with Crippen molar-refractivity contribution in [1.29, 1.82) is 0 Å². The number of likely N-dealkylation sites (tertiary alicyclic amines) is 1. The molecule has 5 nitrogen and oxygen atoms in total. The first-order chi connectivity index (χ1) is 12.2. The summed E-state index contributed by atoms with van der Waals surface area (Å²) in [6.45, 7) is 1.50. The van der Waals surface area contributed by atoms with E-state index in [2.05, 4.69) is 10.4 Å². The number of aromatic nitrogens is 2. The van der Waals surface area contributed by atoms with Gasteiger partial charge in [-0.1, -0.05) is 0 Å². The molecule has 1 aromatic carbocycles. The van der Waals surface area contributed by atoms with Crippen LogP contribution < -0.4 is 5.32 Å². The number of nitrogens with zero attached hydrogens (tertiary/aromatic N) is 3. The molecule has 4 rings (SSSR count). The summed E-state index contributed by atoms with van der Waals surface area (Å²) in [5, 5.41) is 7.91. The predicted molar refractivity (Wildman–Crippen MR) is 93.5 cm³/mol. The van der Waals surface area contributed by atoms with Crippen molar-refractivity contribution in [2.75, 3.05) is 20.1 Å². The maximum absolute atomic E-state index is 13.3. The molecule has 1 fully saturated rings. The Morgan fingerprint density at radius 2 is 2.00 bits per heavy atom. The van der Waals surface area contributed by atoms with Gasteiger partial charge in [0.2, 0.25) is 0 Å². The monoisotopic (exact) mass is 342 g/mol. The largest absolute Gasteiger partial charge is 0.336 e. The third-order valence-electron chi connectivity index (χ3n) is 5.34. The van der Waals surface area contributed by atoms with E-state index in [1.165, 1.54) is 12.1 Å². The average molecular weight is 342 g/mol. The fraction of sp³-hybridized carbons (Fsp3) is 0.474. The minimum Gasteiger partial charge on any atom is -0.336 e. The molecule has 6 heteroatoms. The minimum absolute atomic E-state index is 0.0248. The third-order valence-corrected chi connectivity index (χ3v) is 5.34. The van der Waals surface area contributed by atoms with Crippen LogP contribution >= 0.6 is 0 Å². The Balaban J connectivity index is 1.71. The fourth-order valence-electron chi connectivity index (χ4n) is 3.90. The highest BCUT2D eigenvalue weighted by atomic mass is 19.1. The Kier molecular flexibility index (Phi) is 4.29. The topological polar surface area (TPSA) is 50.2 Å². The van der Waals surface area contributed by atoms with Gasteiger partial charge in [-0.15, -0.1) is 0 Å². The Bertz CT molecular complexity index is 783. The van der Waals surface area contributed by atoms with Crippen molar-refractivity contribution in [3.63, 3.8) is 0 Å². The molecule has 1 aliphatic heterocycles. The Hall–Kier alpha value is -2.21. The van der Waals surface area contributed by atoms with Gasteiger partial charge >= 0.3 is 0 Å². The van der Waals surface area contributed by atoms with Gasteiger partial charge in [0.15, 0.2) is 5.69 Å². The summed E-state index contributed by atoms with van der Waals surface area (Å²) in [5.41, 5.74) is 3.57. The number of carbonyl (C=O) groups excluding carboxylic acids is 1. The Morgan fingerprint density at radius 3 is 2.72 bits per heavy atom. The number of benzene rings is 1. The minimum atomic E-state index is -0.267. The van der Waals surface area contributed by atoms with Crippen molar-refractivity contribution in [1.82, 2.24) is 20.0 Å². The van der Waals surface area contributed by atoms with Crippen LogP contribution in [0.25, 0.3) is 5.69 Å². The summed E-state index contributed by atoms with van der Waals surface area (Å²) < 4.78 is 15.1. The molecule has 25 heavy (non-hydrogen) atoms. The molecule has 2 aromatic rings. The van der Waals surface area contributed by atoms with Crippen molar-refractivity contribution in [2.24, 2.45) is 0 Å². The van der Waals surface area contributed by atoms with Crippen LogP contribution in [-0.4, -0.2) is 46.8 Å². The standard InChI is InChI=1S/C19H23FN4O/c1-21-14-10-11-23(12-14)19(25)18-16-4-2-3-5-17(16)24(22-18)15-8-6-13(20)7-9-15/h6-9,14,21H,2-5,10-12H2,1H3. The van der Waals surface area contributed by atoms with Crippen LogP contribution in [0.3, 0.4) is 0 Å². The third kappa shape index (κ3) is 2.95. The lowest BCUT2D eigenvalue weighted by molar-refractivity contribution is 0.0782. The number of nitrogens with one attached hydrogen (secondary N) is 1. The van der Waals surface area contributed by atoms with Crippen molar-refractivity contribution in [3.8, 4) is 5.69 Å². The van der Waals surface area contributed by atoms with Gasteiger partial charge in [0.25, 0.3) is 5.91 Å². The first-order valence-corrected chi connectivity index (χ1v) is 9.00. The summed E-state index contributed by atoms with van der Waals surface area (Å²) >= 11 is 0. The van der Waals surface area contributed by atoms with Crippen LogP contribution in [0.5, 0.6) is 0 Å². The molecule has 0 saturated carbocycles. The van der Waals surface area contributed by atoms with Crippen LogP contribution in [0.4, 0.5) is 4.39 Å². The summed E-state index contributed by atoms with van der Waals surface area (Å²) in [6, 6.07) is 6.67. The highest BCUT2D eigenvalue weighted by molar-refractivity contribution is 5.94. The molecule has 1 N–H and O–H groups in total. The molecule has 2 aliphatic rings. The average Bonchev–Trinajstić information content (AvgIpc) is 3.27. The molecular weight excluding hydrogens is 319 g/mol. The van der Waals surface area contributed by atoms with Crippen LogP contribution in [0.15, 0.2) is 24.3 Å². The van der Waals surface area contributed by atoms with Gasteiger partial charge in [-0.3, -0.25) is 4.79 Å². The fourth-order valence-corrected chi connectivity index (χ4v) is 3.90. The van der Waals surface area contributed by atoms with Gasteiger partial charge in [-0.2, -0.15) is 5.10 Å². The number of amides is 1. The quantitative estimate of drug-likeness (QED) is 0.931. The van der Waals surface area contributed by atoms with Gasteiger partial charge < -0.3 is 10.2 Å². The highest BCUT2D eigenvalue weighted by Crippen LogP contribution is 2.28. The second kappa shape index (κ2) is 6.59. The predicted octanol–water partition coefficient (Wildman–Crippen LogP) is 2.32. The molecule has 1 saturated heterocycles. The zero-order valence-electron chi connectivity index (χ0n) is 14.5. The van der Waals surface area contributed by atoms with Gasteiger partial charge in [-0.25, -0.2) is 9.07 Å². The zero-order chi connectivity index (χ0) is 17.4. The van der Waals surface area contributed by atoms with Gasteiger partial charge in [0.1, 0.15) is 5.82 Å². The number of carbonyl (C=O) groups is 1. The highest BCUT2D eigenvalue weighted by Gasteiger charge is 2.32. The van der Waals surface area contributed by atoms with Gasteiger partial charge in [0, 0.05) is 30.4 Å². The smallest absolute Gasteiger partial charge is 0.274 e. The van der Waals surface area contributed by atoms with E-state index in [1.54, 1.807) is 12.1 Å². The number of halogens is 1. The van der Waals surface area contributed by atoms with Crippen molar-refractivity contribution < 1.29 is 9.18 Å². The molecule has 2 heterocycles. The first-order valence-electron chi connectivity index (χ1n) is 9.00. The molecule has 132 valence electrons. The maximum Gasteiger partial charge on any atom is 0.274 e. The molecule has 1 aliphatic carbocycles. The molecular formula is C19H23FN4O. The lowest BCUT2D eigenvalue weighted by Crippen LogP contribution is -2.34. The molecule has 1 aromatic heterocycles. The second-order valence-corrected chi connectivity index (χ2v) is 6.89. The maximum atomic E-state index is 13.3. The van der Waals surface area contributed by atoms with Crippen molar-refractivity contribution >= 4 is 5.91 Å². The van der Waals surface area contributed by atoms with E-state index in [-0.39, 0.29) is 11.7 Å². The zero-order valence-corrected chi connectivity index (χ0v) is 14.5. The summed E-state index contributed by atoms with van der Waals surface area (Å²) in [4.78, 5) is 14.9. The lowest BCUT2D eigenvalue weighted by atomic mass is 9.95. The summed E-state index contributed by atoms with van der Waals surface area (Å²) in [7, 11) is 1.93. The van der Waals surface area contributed by atoms with Gasteiger partial charge in [-0.05, 0) is 63.4 Å². The van der Waals surface area contributed by atoms with E-state index in [4.69, 9.17) is 0 Å². The number of likely N-dealkylation sites (N-methyl/N-ethyl adjacent to an activating group) is 1. The molecule has 1 unspecified atom stereocenters. The normalized spacial score (nSPS) is 19.9. The molecule has 1 amide bonds. The molecule has 0 radical (unpaired) electrons. The van der Waals surface area contributed by atoms with E-state index in [0.29, 0.717) is 11.7 Å². The molecule has 0 bridgehead atoms. The number of hydrogen-bond donors (Lipinski definition) is 1. The van der Waals surface area contributed by atoms with Crippen LogP contribution in [0.1, 0.15) is 41.0 Å². The van der Waals surface area contributed by atoms with Crippen molar-refractivity contribution in [3.05, 3.63) is 47.0 Å². The summed E-state index contributed by atoms with van der Waals surface area (Å²) in [6.07, 6.45) is 4.96. The first kappa shape index (κ1) is 16.3. The van der Waals surface area contributed by atoms with E-state index in [0.717, 1.165) is 62.1 Å². The van der Waals surface area contributed by atoms with Crippen molar-refractivity contribution in [2.45, 2.75) is 38.1 Å². The van der Waals surface area contributed by atoms with E-state index < -0.39 is 0 Å². The Labute approximate surface area is 146 Å². The number of rotatable bonds is 3. The summed E-state index contributed by atoms with van der Waals surface area (Å²) in [5.74, 6) is -0.243. The van der Waals surface area contributed by atoms with Gasteiger partial charge in [0.05, 0.1) is 5.69 Å². The molecule has 0 spiro atoms. The number of fused-ring (bicyclic) bond motifs is 1.